The third-order valence-electron chi connectivity index (χ3n) is 2.90. The first-order valence-corrected chi connectivity index (χ1v) is 8.30. The van der Waals surface area contributed by atoms with Gasteiger partial charge in [-0.2, -0.15) is 17.5 Å². The summed E-state index contributed by atoms with van der Waals surface area (Å²) in [7, 11) is -4.30. The van der Waals surface area contributed by atoms with Crippen molar-refractivity contribution in [1.29, 1.82) is 0 Å². The molecule has 0 saturated carbocycles. The minimum absolute atomic E-state index is 0.0142. The molecule has 0 unspecified atom stereocenters. The van der Waals surface area contributed by atoms with Gasteiger partial charge in [-0.3, -0.25) is 0 Å². The maximum Gasteiger partial charge on any atom is 0.402 e. The Balaban J connectivity index is 3.39. The highest BCUT2D eigenvalue weighted by Crippen LogP contribution is 2.29. The van der Waals surface area contributed by atoms with Gasteiger partial charge in [0, 0.05) is 17.4 Å². The molecular weight excluding hydrogens is 350 g/mol. The number of halogens is 5. The Hall–Kier alpha value is -0.500. The highest BCUT2D eigenvalue weighted by atomic mass is 35.5. The monoisotopic (exact) mass is 363 g/mol. The highest BCUT2D eigenvalue weighted by Gasteiger charge is 2.37. The summed E-state index contributed by atoms with van der Waals surface area (Å²) in [6, 6.07) is 2.63. The van der Waals surface area contributed by atoms with Crippen LogP contribution in [0.5, 0.6) is 0 Å². The maximum absolute atomic E-state index is 12.5. The van der Waals surface area contributed by atoms with Crippen molar-refractivity contribution in [3.8, 4) is 0 Å². The summed E-state index contributed by atoms with van der Waals surface area (Å²) < 4.78 is 62.7. The van der Waals surface area contributed by atoms with Crippen molar-refractivity contribution in [1.82, 2.24) is 4.31 Å². The van der Waals surface area contributed by atoms with Gasteiger partial charge in [-0.15, -0.1) is 11.6 Å². The first kappa shape index (κ1) is 18.5. The van der Waals surface area contributed by atoms with E-state index in [9.17, 15) is 21.6 Å². The first-order chi connectivity index (χ1) is 9.52. The predicted octanol–water partition coefficient (Wildman–Crippen LogP) is 3.96. The first-order valence-electron chi connectivity index (χ1n) is 5.94. The van der Waals surface area contributed by atoms with Gasteiger partial charge in [0.05, 0.1) is 4.90 Å². The molecule has 0 heterocycles. The zero-order chi connectivity index (χ0) is 16.4. The van der Waals surface area contributed by atoms with Crippen LogP contribution in [0.15, 0.2) is 17.0 Å². The van der Waals surface area contributed by atoms with Crippen molar-refractivity contribution in [2.24, 2.45) is 0 Å². The van der Waals surface area contributed by atoms with E-state index in [0.29, 0.717) is 15.4 Å². The Morgan fingerprint density at radius 3 is 2.29 bits per heavy atom. The molecule has 3 nitrogen and oxygen atoms in total. The Bertz CT molecular complexity index is 618. The zero-order valence-corrected chi connectivity index (χ0v) is 13.7. The van der Waals surface area contributed by atoms with Crippen molar-refractivity contribution < 1.29 is 21.6 Å². The molecule has 0 amide bonds. The minimum Gasteiger partial charge on any atom is -0.207 e. The van der Waals surface area contributed by atoms with Gasteiger partial charge in [0.15, 0.2) is 0 Å². The van der Waals surface area contributed by atoms with Crippen molar-refractivity contribution in [2.75, 3.05) is 13.1 Å². The molecule has 0 spiro atoms. The summed E-state index contributed by atoms with van der Waals surface area (Å²) in [4.78, 5) is -0.253. The van der Waals surface area contributed by atoms with Crippen LogP contribution in [0.4, 0.5) is 13.2 Å². The second kappa shape index (κ2) is 6.73. The standard InChI is InChI=1S/C12H14Cl2F3NO2S/c1-3-18(7-12(15,16)17)21(19,20)11-5-10(14)4-9(6-13)8(11)2/h4-5H,3,6-7H2,1-2H3. The van der Waals surface area contributed by atoms with E-state index in [1.165, 1.54) is 19.9 Å². The molecule has 0 fully saturated rings. The van der Waals surface area contributed by atoms with Crippen LogP contribution in [0.2, 0.25) is 5.02 Å². The number of sulfonamides is 1. The molecule has 1 aromatic rings. The topological polar surface area (TPSA) is 37.4 Å². The lowest BCUT2D eigenvalue weighted by atomic mass is 10.1. The number of benzene rings is 1. The Morgan fingerprint density at radius 2 is 1.86 bits per heavy atom. The van der Waals surface area contributed by atoms with Crippen LogP contribution in [-0.4, -0.2) is 32.0 Å². The van der Waals surface area contributed by atoms with Gasteiger partial charge in [-0.05, 0) is 30.2 Å². The van der Waals surface area contributed by atoms with Crippen LogP contribution < -0.4 is 0 Å². The summed E-state index contributed by atoms with van der Waals surface area (Å²) in [5, 5.41) is 0.109. The molecule has 0 aliphatic heterocycles. The van der Waals surface area contributed by atoms with Gasteiger partial charge in [-0.1, -0.05) is 18.5 Å². The average Bonchev–Trinajstić information content (AvgIpc) is 2.36. The Morgan fingerprint density at radius 1 is 1.29 bits per heavy atom. The summed E-state index contributed by atoms with van der Waals surface area (Å²) in [5.74, 6) is 0.0142. The van der Waals surface area contributed by atoms with Crippen molar-refractivity contribution in [2.45, 2.75) is 30.8 Å². The molecule has 120 valence electrons. The lowest BCUT2D eigenvalue weighted by Gasteiger charge is -2.23. The van der Waals surface area contributed by atoms with Gasteiger partial charge in [-0.25, -0.2) is 8.42 Å². The lowest BCUT2D eigenvalue weighted by Crippen LogP contribution is -2.39. The van der Waals surface area contributed by atoms with Crippen LogP contribution in [0.25, 0.3) is 0 Å². The summed E-state index contributed by atoms with van der Waals surface area (Å²) in [5.41, 5.74) is 0.765. The van der Waals surface area contributed by atoms with E-state index in [-0.39, 0.29) is 22.3 Å². The van der Waals surface area contributed by atoms with Gasteiger partial charge in [0.1, 0.15) is 6.54 Å². The normalized spacial score (nSPS) is 13.0. The predicted molar refractivity (Wildman–Crippen MR) is 76.2 cm³/mol. The SMILES string of the molecule is CCN(CC(F)(F)F)S(=O)(=O)c1cc(Cl)cc(CCl)c1C. The number of nitrogens with zero attached hydrogens (tertiary/aromatic N) is 1. The van der Waals surface area contributed by atoms with E-state index < -0.39 is 22.7 Å². The molecular formula is C12H14Cl2F3NO2S. The molecule has 0 saturated heterocycles. The second-order valence-electron chi connectivity index (χ2n) is 4.37. The molecule has 0 N–H and O–H groups in total. The molecule has 9 heteroatoms. The number of rotatable bonds is 5. The smallest absolute Gasteiger partial charge is 0.207 e. The number of hydrogen-bond acceptors (Lipinski definition) is 2. The fraction of sp³-hybridized carbons (Fsp3) is 0.500. The number of hydrogen-bond donors (Lipinski definition) is 0. The Labute approximate surface area is 131 Å². The van der Waals surface area contributed by atoms with Crippen LogP contribution >= 0.6 is 23.2 Å². The van der Waals surface area contributed by atoms with Crippen molar-refractivity contribution in [3.63, 3.8) is 0 Å². The van der Waals surface area contributed by atoms with Gasteiger partial charge in [0.25, 0.3) is 0 Å². The fourth-order valence-electron chi connectivity index (χ4n) is 1.82. The van der Waals surface area contributed by atoms with E-state index in [1.54, 1.807) is 0 Å². The van der Waals surface area contributed by atoms with Crippen molar-refractivity contribution >= 4 is 33.2 Å². The van der Waals surface area contributed by atoms with Gasteiger partial charge >= 0.3 is 6.18 Å². The van der Waals surface area contributed by atoms with Crippen LogP contribution in [0.1, 0.15) is 18.1 Å². The molecule has 0 aromatic heterocycles. The minimum atomic E-state index is -4.62. The second-order valence-corrected chi connectivity index (χ2v) is 6.98. The molecule has 1 rings (SSSR count). The van der Waals surface area contributed by atoms with Gasteiger partial charge < -0.3 is 0 Å². The zero-order valence-electron chi connectivity index (χ0n) is 11.3. The molecule has 0 aliphatic carbocycles. The average molecular weight is 364 g/mol. The fourth-order valence-corrected chi connectivity index (χ4v) is 4.13. The third kappa shape index (κ3) is 4.48. The molecule has 21 heavy (non-hydrogen) atoms. The molecule has 0 aliphatic rings. The molecule has 0 atom stereocenters. The largest absolute Gasteiger partial charge is 0.402 e. The van der Waals surface area contributed by atoms with E-state index in [1.807, 2.05) is 0 Å². The maximum atomic E-state index is 12.5. The molecule has 1 aromatic carbocycles. The Kier molecular flexibility index (Phi) is 5.94. The van der Waals surface area contributed by atoms with E-state index in [0.717, 1.165) is 6.07 Å². The van der Waals surface area contributed by atoms with Gasteiger partial charge in [0.2, 0.25) is 10.0 Å². The summed E-state index contributed by atoms with van der Waals surface area (Å²) in [6.07, 6.45) is -4.62. The van der Waals surface area contributed by atoms with E-state index in [4.69, 9.17) is 23.2 Å². The summed E-state index contributed by atoms with van der Waals surface area (Å²) >= 11 is 11.5. The summed E-state index contributed by atoms with van der Waals surface area (Å²) in [6.45, 7) is 0.978. The van der Waals surface area contributed by atoms with E-state index >= 15 is 0 Å². The highest BCUT2D eigenvalue weighted by molar-refractivity contribution is 7.89. The third-order valence-corrected chi connectivity index (χ3v) is 5.46. The lowest BCUT2D eigenvalue weighted by molar-refractivity contribution is -0.135. The molecule has 0 bridgehead atoms. The number of alkyl halides is 4. The quantitative estimate of drug-likeness (QED) is 0.742. The van der Waals surface area contributed by atoms with Crippen LogP contribution in [-0.2, 0) is 15.9 Å². The van der Waals surface area contributed by atoms with E-state index in [2.05, 4.69) is 0 Å². The van der Waals surface area contributed by atoms with Crippen LogP contribution in [0.3, 0.4) is 0 Å². The molecule has 0 radical (unpaired) electrons. The van der Waals surface area contributed by atoms with Crippen LogP contribution in [0, 0.1) is 6.92 Å². The van der Waals surface area contributed by atoms with Crippen molar-refractivity contribution in [3.05, 3.63) is 28.3 Å².